The topological polar surface area (TPSA) is 69.4 Å². The Kier molecular flexibility index (Phi) is 3.30. The normalized spacial score (nSPS) is 25.8. The second-order valence-corrected chi connectivity index (χ2v) is 5.21. The third kappa shape index (κ3) is 2.20. The van der Waals surface area contributed by atoms with Crippen LogP contribution in [-0.2, 0) is 4.79 Å². The molecule has 0 amide bonds. The average molecular weight is 263 g/mol. The molecular weight excluding hydrogens is 246 g/mol. The van der Waals surface area contributed by atoms with Gasteiger partial charge in [0.25, 0.3) is 5.69 Å². The summed E-state index contributed by atoms with van der Waals surface area (Å²) < 4.78 is 5.80. The standard InChI is InChI=1S/C14H17NO4/c1-4-14(3)12(16)8-13(14)19-10-5-6-11(15(17)18)9(2)7-10/h5-7,13H,4,8H2,1-3H3. The van der Waals surface area contributed by atoms with E-state index in [1.54, 1.807) is 19.1 Å². The van der Waals surface area contributed by atoms with E-state index in [1.165, 1.54) is 6.07 Å². The van der Waals surface area contributed by atoms with Gasteiger partial charge in [-0.1, -0.05) is 6.92 Å². The highest BCUT2D eigenvalue weighted by molar-refractivity contribution is 5.92. The van der Waals surface area contributed by atoms with Crippen molar-refractivity contribution in [3.63, 3.8) is 0 Å². The number of ketones is 1. The summed E-state index contributed by atoms with van der Waals surface area (Å²) in [5.41, 5.74) is 0.219. The number of carbonyl (C=O) groups excluding carboxylic acids is 1. The first-order chi connectivity index (χ1) is 8.88. The number of aryl methyl sites for hydroxylation is 1. The minimum Gasteiger partial charge on any atom is -0.489 e. The third-order valence-electron chi connectivity index (χ3n) is 4.10. The summed E-state index contributed by atoms with van der Waals surface area (Å²) in [7, 11) is 0. The van der Waals surface area contributed by atoms with Crippen molar-refractivity contribution in [1.82, 2.24) is 0 Å². The van der Waals surface area contributed by atoms with Crippen LogP contribution >= 0.6 is 0 Å². The monoisotopic (exact) mass is 263 g/mol. The molecule has 5 heteroatoms. The molecule has 0 heterocycles. The van der Waals surface area contributed by atoms with Crippen LogP contribution in [-0.4, -0.2) is 16.8 Å². The summed E-state index contributed by atoms with van der Waals surface area (Å²) in [6, 6.07) is 4.68. The zero-order valence-corrected chi connectivity index (χ0v) is 11.3. The summed E-state index contributed by atoms with van der Waals surface area (Å²) in [4.78, 5) is 21.9. The summed E-state index contributed by atoms with van der Waals surface area (Å²) in [5, 5.41) is 10.7. The van der Waals surface area contributed by atoms with Gasteiger partial charge in [-0.15, -0.1) is 0 Å². The largest absolute Gasteiger partial charge is 0.489 e. The number of benzene rings is 1. The molecule has 0 spiro atoms. The minimum absolute atomic E-state index is 0.0790. The quantitative estimate of drug-likeness (QED) is 0.618. The lowest BCUT2D eigenvalue weighted by atomic mass is 9.64. The zero-order valence-electron chi connectivity index (χ0n) is 11.3. The van der Waals surface area contributed by atoms with Gasteiger partial charge in [0.1, 0.15) is 17.6 Å². The van der Waals surface area contributed by atoms with Gasteiger partial charge >= 0.3 is 0 Å². The van der Waals surface area contributed by atoms with Gasteiger partial charge in [0.15, 0.2) is 0 Å². The molecule has 2 unspecified atom stereocenters. The molecule has 1 aromatic rings. The Bertz CT molecular complexity index is 540. The lowest BCUT2D eigenvalue weighted by Crippen LogP contribution is -2.54. The number of Topliss-reactive ketones (excluding diaryl/α,β-unsaturated/α-hetero) is 1. The van der Waals surface area contributed by atoms with E-state index in [0.29, 0.717) is 17.7 Å². The number of nitro groups is 1. The van der Waals surface area contributed by atoms with Crippen LogP contribution in [0.5, 0.6) is 5.75 Å². The van der Waals surface area contributed by atoms with Crippen molar-refractivity contribution in [3.05, 3.63) is 33.9 Å². The number of nitro benzene ring substituents is 1. The van der Waals surface area contributed by atoms with Crippen LogP contribution in [0.2, 0.25) is 0 Å². The number of hydrogen-bond acceptors (Lipinski definition) is 4. The fourth-order valence-electron chi connectivity index (χ4n) is 2.34. The van der Waals surface area contributed by atoms with Crippen molar-refractivity contribution in [2.45, 2.75) is 39.7 Å². The van der Waals surface area contributed by atoms with Crippen molar-refractivity contribution < 1.29 is 14.5 Å². The molecule has 1 aliphatic carbocycles. The van der Waals surface area contributed by atoms with E-state index in [-0.39, 0.29) is 17.6 Å². The summed E-state index contributed by atoms with van der Waals surface area (Å²) in [5.74, 6) is 0.805. The highest BCUT2D eigenvalue weighted by atomic mass is 16.6. The predicted octanol–water partition coefficient (Wildman–Crippen LogP) is 3.04. The number of hydrogen-bond donors (Lipinski definition) is 0. The van der Waals surface area contributed by atoms with Crippen LogP contribution in [0, 0.1) is 22.5 Å². The summed E-state index contributed by atoms with van der Waals surface area (Å²) in [6.45, 7) is 5.55. The molecule has 0 bridgehead atoms. The summed E-state index contributed by atoms with van der Waals surface area (Å²) >= 11 is 0. The van der Waals surface area contributed by atoms with Crippen LogP contribution in [0.3, 0.4) is 0 Å². The van der Waals surface area contributed by atoms with Gasteiger partial charge in [-0.2, -0.15) is 0 Å². The molecule has 0 saturated heterocycles. The second kappa shape index (κ2) is 4.64. The van der Waals surface area contributed by atoms with Crippen LogP contribution in [0.15, 0.2) is 18.2 Å². The van der Waals surface area contributed by atoms with E-state index in [2.05, 4.69) is 0 Å². The highest BCUT2D eigenvalue weighted by Crippen LogP contribution is 2.42. The van der Waals surface area contributed by atoms with Gasteiger partial charge in [0, 0.05) is 18.1 Å². The first-order valence-electron chi connectivity index (χ1n) is 6.33. The van der Waals surface area contributed by atoms with Gasteiger partial charge < -0.3 is 4.74 Å². The Morgan fingerprint density at radius 3 is 2.68 bits per heavy atom. The summed E-state index contributed by atoms with van der Waals surface area (Å²) in [6.07, 6.45) is 1.02. The molecule has 1 aromatic carbocycles. The molecular formula is C14H17NO4. The maximum absolute atomic E-state index is 11.6. The number of rotatable bonds is 4. The number of carbonyl (C=O) groups is 1. The Morgan fingerprint density at radius 1 is 1.53 bits per heavy atom. The average Bonchev–Trinajstić information content (AvgIpc) is 2.37. The molecule has 0 N–H and O–H groups in total. The van der Waals surface area contributed by atoms with Crippen LogP contribution < -0.4 is 4.74 Å². The highest BCUT2D eigenvalue weighted by Gasteiger charge is 2.51. The van der Waals surface area contributed by atoms with Crippen molar-refractivity contribution in [1.29, 1.82) is 0 Å². The molecule has 2 atom stereocenters. The molecule has 0 aliphatic heterocycles. The molecule has 0 radical (unpaired) electrons. The van der Waals surface area contributed by atoms with E-state index >= 15 is 0 Å². The second-order valence-electron chi connectivity index (χ2n) is 5.21. The van der Waals surface area contributed by atoms with E-state index in [9.17, 15) is 14.9 Å². The number of nitrogens with zero attached hydrogens (tertiary/aromatic N) is 1. The van der Waals surface area contributed by atoms with Crippen LogP contribution in [0.1, 0.15) is 32.3 Å². The Balaban J connectivity index is 2.15. The lowest BCUT2D eigenvalue weighted by Gasteiger charge is -2.44. The van der Waals surface area contributed by atoms with E-state index in [1.807, 2.05) is 13.8 Å². The van der Waals surface area contributed by atoms with Crippen molar-refractivity contribution >= 4 is 11.5 Å². The van der Waals surface area contributed by atoms with E-state index in [4.69, 9.17) is 4.74 Å². The SMILES string of the molecule is CCC1(C)C(=O)CC1Oc1ccc([N+](=O)[O-])c(C)c1. The van der Waals surface area contributed by atoms with Crippen molar-refractivity contribution in [2.75, 3.05) is 0 Å². The predicted molar refractivity (Wildman–Crippen MR) is 70.3 cm³/mol. The van der Waals surface area contributed by atoms with Gasteiger partial charge in [-0.3, -0.25) is 14.9 Å². The Morgan fingerprint density at radius 2 is 2.21 bits per heavy atom. The lowest BCUT2D eigenvalue weighted by molar-refractivity contribution is -0.385. The molecule has 2 rings (SSSR count). The Hall–Kier alpha value is -1.91. The third-order valence-corrected chi connectivity index (χ3v) is 4.10. The maximum atomic E-state index is 11.6. The Labute approximate surface area is 111 Å². The van der Waals surface area contributed by atoms with Crippen LogP contribution in [0.25, 0.3) is 0 Å². The number of ether oxygens (including phenoxy) is 1. The molecule has 0 aromatic heterocycles. The van der Waals surface area contributed by atoms with Gasteiger partial charge in [0.05, 0.1) is 10.3 Å². The van der Waals surface area contributed by atoms with Crippen molar-refractivity contribution in [3.8, 4) is 5.75 Å². The minimum atomic E-state index is -0.421. The van der Waals surface area contributed by atoms with Gasteiger partial charge in [-0.25, -0.2) is 0 Å². The maximum Gasteiger partial charge on any atom is 0.272 e. The smallest absolute Gasteiger partial charge is 0.272 e. The van der Waals surface area contributed by atoms with Gasteiger partial charge in [-0.05, 0) is 32.4 Å². The molecule has 1 fully saturated rings. The fourth-order valence-corrected chi connectivity index (χ4v) is 2.34. The van der Waals surface area contributed by atoms with Gasteiger partial charge in [0.2, 0.25) is 0 Å². The molecule has 1 aliphatic rings. The van der Waals surface area contributed by atoms with E-state index in [0.717, 1.165) is 6.42 Å². The zero-order chi connectivity index (χ0) is 14.2. The fraction of sp³-hybridized carbons (Fsp3) is 0.500. The van der Waals surface area contributed by atoms with Crippen molar-refractivity contribution in [2.24, 2.45) is 5.41 Å². The van der Waals surface area contributed by atoms with Crippen LogP contribution in [0.4, 0.5) is 5.69 Å². The molecule has 102 valence electrons. The molecule has 19 heavy (non-hydrogen) atoms. The van der Waals surface area contributed by atoms with E-state index < -0.39 is 10.3 Å². The first-order valence-corrected chi connectivity index (χ1v) is 6.33. The molecule has 1 saturated carbocycles. The first kappa shape index (κ1) is 13.5. The molecule has 5 nitrogen and oxygen atoms in total.